The van der Waals surface area contributed by atoms with Crippen molar-refractivity contribution in [1.82, 2.24) is 29.5 Å². The molecule has 4 heterocycles. The number of rotatable bonds is 4. The zero-order valence-electron chi connectivity index (χ0n) is 16.3. The van der Waals surface area contributed by atoms with Crippen molar-refractivity contribution in [3.8, 4) is 22.5 Å². The summed E-state index contributed by atoms with van der Waals surface area (Å²) in [4.78, 5) is 7.87. The van der Waals surface area contributed by atoms with Crippen LogP contribution in [0.5, 0.6) is 0 Å². The Bertz CT molecular complexity index is 1070. The van der Waals surface area contributed by atoms with E-state index in [1.165, 1.54) is 0 Å². The van der Waals surface area contributed by atoms with Crippen LogP contribution in [0, 0.1) is 0 Å². The third kappa shape index (κ3) is 4.91. The number of nitrogens with zero attached hydrogens (tertiary/aromatic N) is 6. The first-order valence-electron chi connectivity index (χ1n) is 9.20. The molecule has 0 radical (unpaired) electrons. The number of pyridine rings is 2. The van der Waals surface area contributed by atoms with E-state index >= 15 is 0 Å². The lowest BCUT2D eigenvalue weighted by atomic mass is 10.2. The smallest absolute Gasteiger partial charge is 0.129 e. The summed E-state index contributed by atoms with van der Waals surface area (Å²) < 4.78 is 3.51. The van der Waals surface area contributed by atoms with Crippen LogP contribution in [-0.4, -0.2) is 29.5 Å². The molecule has 0 spiro atoms. The van der Waals surface area contributed by atoms with E-state index in [-0.39, 0.29) is 0 Å². The molecule has 0 bridgehead atoms. The molecular weight excluding hydrogens is 388 g/mol. The summed E-state index contributed by atoms with van der Waals surface area (Å²) in [5.41, 5.74) is 15.2. The highest BCUT2D eigenvalue weighted by Gasteiger charge is 2.06. The maximum atomic E-state index is 5.80. The van der Waals surface area contributed by atoms with Gasteiger partial charge in [-0.25, -0.2) is 14.3 Å². The monoisotopic (exact) mass is 410 g/mol. The molecule has 4 aromatic rings. The quantitative estimate of drug-likeness (QED) is 0.495. The van der Waals surface area contributed by atoms with Crippen molar-refractivity contribution in [1.29, 1.82) is 0 Å². The van der Waals surface area contributed by atoms with Crippen LogP contribution in [-0.2, 0) is 13.1 Å². The number of halogens is 1. The minimum absolute atomic E-state index is 0.456. The van der Waals surface area contributed by atoms with Crippen molar-refractivity contribution in [3.63, 3.8) is 0 Å². The topological polar surface area (TPSA) is 113 Å². The molecule has 0 amide bonds. The van der Waals surface area contributed by atoms with Crippen molar-refractivity contribution in [3.05, 3.63) is 60.1 Å². The molecule has 150 valence electrons. The van der Waals surface area contributed by atoms with Gasteiger partial charge in [0.2, 0.25) is 0 Å². The highest BCUT2D eigenvalue weighted by molar-refractivity contribution is 6.29. The van der Waals surface area contributed by atoms with Gasteiger partial charge in [-0.1, -0.05) is 11.6 Å². The Morgan fingerprint density at radius 3 is 1.79 bits per heavy atom. The van der Waals surface area contributed by atoms with Crippen molar-refractivity contribution in [2.75, 3.05) is 11.5 Å². The van der Waals surface area contributed by atoms with E-state index < -0.39 is 0 Å². The fraction of sp³-hybridized carbons (Fsp3) is 0.200. The van der Waals surface area contributed by atoms with Gasteiger partial charge < -0.3 is 11.5 Å². The zero-order valence-corrected chi connectivity index (χ0v) is 17.1. The molecule has 29 heavy (non-hydrogen) atoms. The zero-order chi connectivity index (χ0) is 20.8. The molecule has 4 N–H and O–H groups in total. The summed E-state index contributed by atoms with van der Waals surface area (Å²) in [7, 11) is 0. The molecule has 8 nitrogen and oxygen atoms in total. The number of nitrogens with two attached hydrogens (primary N) is 2. The fourth-order valence-corrected chi connectivity index (χ4v) is 2.91. The number of hydrogen-bond donors (Lipinski definition) is 2. The minimum Gasteiger partial charge on any atom is -0.384 e. The Balaban J connectivity index is 0.000000166. The van der Waals surface area contributed by atoms with Gasteiger partial charge >= 0.3 is 0 Å². The fourth-order valence-electron chi connectivity index (χ4n) is 2.74. The van der Waals surface area contributed by atoms with Gasteiger partial charge in [-0.05, 0) is 38.1 Å². The number of aryl methyl sites for hydroxylation is 2. The van der Waals surface area contributed by atoms with Crippen molar-refractivity contribution in [2.24, 2.45) is 0 Å². The van der Waals surface area contributed by atoms with Crippen LogP contribution in [0.3, 0.4) is 0 Å². The molecule has 0 unspecified atom stereocenters. The van der Waals surface area contributed by atoms with Gasteiger partial charge in [-0.3, -0.25) is 4.98 Å². The molecule has 0 atom stereocenters. The number of anilines is 2. The second kappa shape index (κ2) is 9.20. The first-order chi connectivity index (χ1) is 14.0. The molecule has 0 aliphatic heterocycles. The van der Waals surface area contributed by atoms with Gasteiger partial charge in [0.1, 0.15) is 16.8 Å². The lowest BCUT2D eigenvalue weighted by Gasteiger charge is -1.97. The third-order valence-electron chi connectivity index (χ3n) is 4.22. The van der Waals surface area contributed by atoms with Crippen molar-refractivity contribution in [2.45, 2.75) is 26.9 Å². The summed E-state index contributed by atoms with van der Waals surface area (Å²) in [6.45, 7) is 5.55. The predicted molar refractivity (Wildman–Crippen MR) is 116 cm³/mol. The molecule has 0 aliphatic carbocycles. The highest BCUT2D eigenvalue weighted by Crippen LogP contribution is 2.22. The van der Waals surface area contributed by atoms with Gasteiger partial charge in [-0.2, -0.15) is 10.2 Å². The average Bonchev–Trinajstić information content (AvgIpc) is 3.31. The molecule has 9 heteroatoms. The second-order valence-electron chi connectivity index (χ2n) is 6.14. The summed E-state index contributed by atoms with van der Waals surface area (Å²) in [6, 6.07) is 11.2. The third-order valence-corrected chi connectivity index (χ3v) is 4.43. The van der Waals surface area contributed by atoms with Gasteiger partial charge in [0.05, 0.1) is 11.4 Å². The van der Waals surface area contributed by atoms with Crippen molar-refractivity contribution < 1.29 is 0 Å². The first kappa shape index (κ1) is 20.3. The maximum Gasteiger partial charge on any atom is 0.129 e. The van der Waals surface area contributed by atoms with Crippen LogP contribution >= 0.6 is 11.6 Å². The normalized spacial score (nSPS) is 10.4. The lowest BCUT2D eigenvalue weighted by molar-refractivity contribution is 0.672. The van der Waals surface area contributed by atoms with E-state index in [1.807, 2.05) is 44.2 Å². The molecule has 0 saturated heterocycles. The lowest BCUT2D eigenvalue weighted by Crippen LogP contribution is -2.01. The van der Waals surface area contributed by atoms with Crippen LogP contribution in [0.1, 0.15) is 13.8 Å². The second-order valence-corrected chi connectivity index (χ2v) is 6.53. The van der Waals surface area contributed by atoms with Gasteiger partial charge in [0, 0.05) is 54.9 Å². The van der Waals surface area contributed by atoms with Crippen LogP contribution in [0.4, 0.5) is 11.6 Å². The van der Waals surface area contributed by atoms with E-state index in [0.717, 1.165) is 35.6 Å². The Labute approximate surface area is 174 Å². The molecule has 0 saturated carbocycles. The van der Waals surface area contributed by atoms with Crippen LogP contribution in [0.15, 0.2) is 55.0 Å². The summed E-state index contributed by atoms with van der Waals surface area (Å²) >= 11 is 5.80. The summed E-state index contributed by atoms with van der Waals surface area (Å²) in [5, 5.41) is 9.16. The van der Waals surface area contributed by atoms with Gasteiger partial charge in [0.25, 0.3) is 0 Å². The molecule has 4 rings (SSSR count). The Morgan fingerprint density at radius 2 is 1.31 bits per heavy atom. The Morgan fingerprint density at radius 1 is 0.793 bits per heavy atom. The van der Waals surface area contributed by atoms with E-state index in [1.54, 1.807) is 34.0 Å². The van der Waals surface area contributed by atoms with E-state index in [4.69, 9.17) is 23.1 Å². The predicted octanol–water partition coefficient (Wildman–Crippen LogP) is 3.75. The largest absolute Gasteiger partial charge is 0.384 e. The van der Waals surface area contributed by atoms with Crippen LogP contribution in [0.25, 0.3) is 22.5 Å². The van der Waals surface area contributed by atoms with E-state index in [9.17, 15) is 0 Å². The maximum absolute atomic E-state index is 5.80. The Kier molecular flexibility index (Phi) is 6.46. The van der Waals surface area contributed by atoms with Gasteiger partial charge in [0.15, 0.2) is 0 Å². The average molecular weight is 411 g/mol. The summed E-state index contributed by atoms with van der Waals surface area (Å²) in [6.07, 6.45) is 5.14. The molecular formula is C20H23ClN8. The van der Waals surface area contributed by atoms with Crippen molar-refractivity contribution >= 4 is 23.2 Å². The molecule has 0 aliphatic rings. The first-order valence-corrected chi connectivity index (χ1v) is 9.58. The number of hydrogen-bond acceptors (Lipinski definition) is 6. The number of nitrogen functional groups attached to an aromatic ring is 2. The highest BCUT2D eigenvalue weighted by atomic mass is 35.5. The molecule has 0 fully saturated rings. The molecule has 0 aromatic carbocycles. The van der Waals surface area contributed by atoms with Crippen LogP contribution in [0.2, 0.25) is 5.15 Å². The Hall–Kier alpha value is -3.39. The minimum atomic E-state index is 0.456. The number of aromatic nitrogens is 6. The SMILES string of the molecule is CCn1nc(-c2ccnc(Cl)c2)cc1N.CCn1nc(-c2ccncc2)cc1N. The summed E-state index contributed by atoms with van der Waals surface area (Å²) in [5.74, 6) is 1.35. The standard InChI is InChI=1S/C10H11ClN4.C10H12N4/c1-2-15-10(12)6-8(14-15)7-3-4-13-9(11)5-7;1-2-14-10(11)7-9(13-14)8-3-5-12-6-4-8/h3-6H,2,12H2,1H3;3-7H,2,11H2,1H3. The molecule has 4 aromatic heterocycles. The van der Waals surface area contributed by atoms with Gasteiger partial charge in [-0.15, -0.1) is 0 Å². The van der Waals surface area contributed by atoms with E-state index in [0.29, 0.717) is 16.8 Å². The van der Waals surface area contributed by atoms with E-state index in [2.05, 4.69) is 20.2 Å². The van der Waals surface area contributed by atoms with Crippen LogP contribution < -0.4 is 11.5 Å².